The molecule has 1 N–H and O–H groups in total. The number of thiophene rings is 1. The molecular weight excluding hydrogens is 566 g/mol. The van der Waals surface area contributed by atoms with E-state index in [0.717, 1.165) is 25.9 Å². The lowest BCUT2D eigenvalue weighted by Crippen LogP contribution is -2.29. The van der Waals surface area contributed by atoms with Crippen LogP contribution in [0.4, 0.5) is 5.88 Å². The van der Waals surface area contributed by atoms with Crippen LogP contribution < -0.4 is 31.1 Å². The number of ether oxygens (including phenoxy) is 2. The maximum Gasteiger partial charge on any atom is 0.333 e. The van der Waals surface area contributed by atoms with E-state index in [0.29, 0.717) is 68.6 Å². The van der Waals surface area contributed by atoms with Gasteiger partial charge in [0.15, 0.2) is 23.0 Å². The molecule has 2 aromatic carbocycles. The minimum atomic E-state index is -0.569. The number of nitrogens with zero attached hydrogens (tertiary/aromatic N) is 2. The van der Waals surface area contributed by atoms with Gasteiger partial charge >= 0.3 is 5.69 Å². The Morgan fingerprint density at radius 1 is 0.884 bits per heavy atom. The second kappa shape index (κ2) is 13.3. The summed E-state index contributed by atoms with van der Waals surface area (Å²) in [6.45, 7) is 10.8. The van der Waals surface area contributed by atoms with Crippen molar-refractivity contribution in [1.82, 2.24) is 9.55 Å². The maximum atomic E-state index is 13.1. The quantitative estimate of drug-likeness (QED) is 0.210. The topological polar surface area (TPSA) is 107 Å². The molecule has 4 heterocycles. The molecule has 226 valence electrons. The normalized spacial score (nSPS) is 12.3. The van der Waals surface area contributed by atoms with Crippen molar-refractivity contribution in [3.05, 3.63) is 78.9 Å². The smallest absolute Gasteiger partial charge is 0.333 e. The fourth-order valence-corrected chi connectivity index (χ4v) is 5.96. The molecule has 0 amide bonds. The lowest BCUT2D eigenvalue weighted by Gasteiger charge is -2.23. The summed E-state index contributed by atoms with van der Waals surface area (Å²) in [6, 6.07) is 12.0. The van der Waals surface area contributed by atoms with Gasteiger partial charge in [-0.05, 0) is 31.0 Å². The van der Waals surface area contributed by atoms with Crippen LogP contribution in [-0.4, -0.2) is 35.9 Å². The Morgan fingerprint density at radius 3 is 2.33 bits per heavy atom. The lowest BCUT2D eigenvalue weighted by atomic mass is 10.0. The van der Waals surface area contributed by atoms with E-state index >= 15 is 0 Å². The Kier molecular flexibility index (Phi) is 9.35. The molecule has 1 aliphatic rings. The highest BCUT2D eigenvalue weighted by molar-refractivity contribution is 7.17. The molecule has 0 atom stereocenters. The Hall–Kier alpha value is -4.31. The molecule has 0 unspecified atom stereocenters. The third kappa shape index (κ3) is 5.97. The van der Waals surface area contributed by atoms with Crippen LogP contribution in [0.5, 0.6) is 11.5 Å². The monoisotopic (exact) mass is 603 g/mol. The van der Waals surface area contributed by atoms with E-state index in [2.05, 4.69) is 37.6 Å². The van der Waals surface area contributed by atoms with Crippen LogP contribution in [0, 0.1) is 0 Å². The largest absolute Gasteiger partial charge is 0.486 e. The molecule has 0 bridgehead atoms. The van der Waals surface area contributed by atoms with Crippen molar-refractivity contribution in [1.29, 1.82) is 0 Å². The van der Waals surface area contributed by atoms with Crippen molar-refractivity contribution in [3.63, 3.8) is 0 Å². The molecule has 43 heavy (non-hydrogen) atoms. The zero-order valence-electron chi connectivity index (χ0n) is 25.0. The van der Waals surface area contributed by atoms with Gasteiger partial charge in [-0.2, -0.15) is 0 Å². The molecular formula is C33H37N3O6S. The molecule has 5 aromatic rings. The van der Waals surface area contributed by atoms with Gasteiger partial charge in [-0.15, -0.1) is 11.3 Å². The first-order valence-corrected chi connectivity index (χ1v) is 15.8. The number of unbranched alkanes of at least 4 members (excludes halogenated alkanes) is 1. The first-order valence-electron chi connectivity index (χ1n) is 14.9. The predicted octanol–water partition coefficient (Wildman–Crippen LogP) is 6.72. The molecule has 0 spiro atoms. The number of hydrogen-bond donors (Lipinski definition) is 1. The Labute approximate surface area is 253 Å². The summed E-state index contributed by atoms with van der Waals surface area (Å²) in [7, 11) is 0. The number of H-pyrrole nitrogens is 1. The number of para-hydroxylation sites is 1. The molecule has 0 fully saturated rings. The van der Waals surface area contributed by atoms with Crippen LogP contribution >= 0.6 is 11.3 Å². The highest BCUT2D eigenvalue weighted by Gasteiger charge is 2.25. The van der Waals surface area contributed by atoms with E-state index in [9.17, 15) is 14.4 Å². The molecule has 3 aromatic heterocycles. The fraction of sp³-hybridized carbons (Fsp3) is 0.364. The molecule has 1 aliphatic heterocycles. The van der Waals surface area contributed by atoms with E-state index in [1.165, 1.54) is 28.7 Å². The summed E-state index contributed by atoms with van der Waals surface area (Å²) in [5, 5.41) is 2.26. The van der Waals surface area contributed by atoms with Crippen LogP contribution in [-0.2, 0) is 0 Å². The number of aromatic amines is 1. The standard InChI is InChI=1S/C29H27N3O6S.C4H10/c1-3-9-31(10-4-2)24-15-22(33)27-26(38-24)20(16-39-27)19-13-17(14-23-25(19)37-12-11-36-23)32-21-8-6-5-7-18(21)28(34)30-29(32)35;1-3-4-2/h5-8,13-16H,3-4,9-12H2,1-2H3,(H,30,34,35);3-4H2,1-2H3. The van der Waals surface area contributed by atoms with Crippen LogP contribution in [0.1, 0.15) is 53.4 Å². The minimum absolute atomic E-state index is 0.107. The summed E-state index contributed by atoms with van der Waals surface area (Å²) in [6.07, 6.45) is 4.47. The van der Waals surface area contributed by atoms with Crippen LogP contribution in [0.15, 0.2) is 66.6 Å². The first-order chi connectivity index (χ1) is 20.9. The summed E-state index contributed by atoms with van der Waals surface area (Å²) in [5.41, 5.74) is 1.60. The third-order valence-electron chi connectivity index (χ3n) is 7.22. The van der Waals surface area contributed by atoms with Gasteiger partial charge < -0.3 is 18.8 Å². The maximum absolute atomic E-state index is 13.1. The Morgan fingerprint density at radius 2 is 1.60 bits per heavy atom. The van der Waals surface area contributed by atoms with Crippen molar-refractivity contribution >= 4 is 38.4 Å². The zero-order chi connectivity index (χ0) is 30.5. The summed E-state index contributed by atoms with van der Waals surface area (Å²) in [4.78, 5) is 43.2. The summed E-state index contributed by atoms with van der Waals surface area (Å²) in [5.74, 6) is 1.51. The number of fused-ring (bicyclic) bond motifs is 3. The third-order valence-corrected chi connectivity index (χ3v) is 8.19. The first kappa shape index (κ1) is 30.2. The predicted molar refractivity (Wildman–Crippen MR) is 174 cm³/mol. The number of rotatable bonds is 8. The highest BCUT2D eigenvalue weighted by Crippen LogP contribution is 2.46. The van der Waals surface area contributed by atoms with Crippen molar-refractivity contribution in [3.8, 4) is 28.3 Å². The highest BCUT2D eigenvalue weighted by atomic mass is 32.1. The van der Waals surface area contributed by atoms with E-state index in [4.69, 9.17) is 13.9 Å². The van der Waals surface area contributed by atoms with Crippen molar-refractivity contribution in [2.24, 2.45) is 0 Å². The summed E-state index contributed by atoms with van der Waals surface area (Å²) >= 11 is 1.31. The molecule has 0 saturated carbocycles. The fourth-order valence-electron chi connectivity index (χ4n) is 5.06. The molecule has 0 saturated heterocycles. The number of anilines is 1. The molecule has 6 rings (SSSR count). The van der Waals surface area contributed by atoms with Gasteiger partial charge in [0, 0.05) is 41.7 Å². The van der Waals surface area contributed by atoms with E-state index < -0.39 is 11.2 Å². The van der Waals surface area contributed by atoms with Crippen molar-refractivity contribution < 1.29 is 13.9 Å². The van der Waals surface area contributed by atoms with Gasteiger partial charge in [-0.25, -0.2) is 4.79 Å². The van der Waals surface area contributed by atoms with Gasteiger partial charge in [0.1, 0.15) is 17.9 Å². The van der Waals surface area contributed by atoms with Crippen molar-refractivity contribution in [2.75, 3.05) is 31.2 Å². The van der Waals surface area contributed by atoms with Gasteiger partial charge in [-0.1, -0.05) is 52.7 Å². The molecule has 0 radical (unpaired) electrons. The average molecular weight is 604 g/mol. The van der Waals surface area contributed by atoms with Gasteiger partial charge in [0.05, 0.1) is 16.6 Å². The van der Waals surface area contributed by atoms with Gasteiger partial charge in [0.2, 0.25) is 5.43 Å². The number of nitrogens with one attached hydrogen (secondary N) is 1. The minimum Gasteiger partial charge on any atom is -0.486 e. The molecule has 10 heteroatoms. The van der Waals surface area contributed by atoms with E-state index in [1.54, 1.807) is 36.4 Å². The van der Waals surface area contributed by atoms with Gasteiger partial charge in [-0.3, -0.25) is 19.1 Å². The number of hydrogen-bond acceptors (Lipinski definition) is 8. The second-order valence-corrected chi connectivity index (χ2v) is 11.3. The molecule has 0 aliphatic carbocycles. The van der Waals surface area contributed by atoms with Crippen LogP contribution in [0.2, 0.25) is 0 Å². The Balaban J connectivity index is 0.000000868. The van der Waals surface area contributed by atoms with Crippen LogP contribution in [0.25, 0.3) is 38.0 Å². The second-order valence-electron chi connectivity index (χ2n) is 10.4. The average Bonchev–Trinajstić information content (AvgIpc) is 3.45. The van der Waals surface area contributed by atoms with Gasteiger partial charge in [0.25, 0.3) is 5.56 Å². The number of benzene rings is 2. The zero-order valence-corrected chi connectivity index (χ0v) is 25.8. The summed E-state index contributed by atoms with van der Waals surface area (Å²) < 4.78 is 20.3. The lowest BCUT2D eigenvalue weighted by molar-refractivity contribution is 0.172. The van der Waals surface area contributed by atoms with E-state index in [1.807, 2.05) is 11.4 Å². The molecule has 9 nitrogen and oxygen atoms in total. The number of aromatic nitrogens is 2. The Bertz CT molecular complexity index is 1910. The van der Waals surface area contributed by atoms with Crippen LogP contribution in [0.3, 0.4) is 0 Å². The van der Waals surface area contributed by atoms with E-state index in [-0.39, 0.29) is 5.43 Å². The SMILES string of the molecule is CCCC.CCCN(CCC)c1cc(=O)c2scc(-c3cc(-n4c(=O)[nH]c(=O)c5ccccc54)cc4c3OCCO4)c2o1. The van der Waals surface area contributed by atoms with Crippen molar-refractivity contribution in [2.45, 2.75) is 53.4 Å².